The molecule has 0 aliphatic heterocycles. The standard InChI is InChI=1S/C44H24N4O/c45-25-33-21-29(15-17-47-33)27-7-5-9-31(19-27)39-23-41-43(37-13-3-1-11-35(37)39)44-38-14-4-2-12-36(38)40(24-42(44)49-41)32-10-6-8-28(20-32)30-16-18-48-34(22-30)26-46/h1-24H. The van der Waals surface area contributed by atoms with Gasteiger partial charge in [0, 0.05) is 23.2 Å². The van der Waals surface area contributed by atoms with Crippen LogP contribution in [0.5, 0.6) is 0 Å². The molecule has 6 aromatic carbocycles. The van der Waals surface area contributed by atoms with Gasteiger partial charge in [-0.25, -0.2) is 9.97 Å². The van der Waals surface area contributed by atoms with E-state index in [9.17, 15) is 10.5 Å². The molecule has 5 nitrogen and oxygen atoms in total. The summed E-state index contributed by atoms with van der Waals surface area (Å²) in [5.74, 6) is 0. The van der Waals surface area contributed by atoms with Crippen LogP contribution in [-0.4, -0.2) is 9.97 Å². The van der Waals surface area contributed by atoms with Crippen LogP contribution in [0.4, 0.5) is 0 Å². The summed E-state index contributed by atoms with van der Waals surface area (Å²) in [6.45, 7) is 0. The molecule has 0 N–H and O–H groups in total. The van der Waals surface area contributed by atoms with Gasteiger partial charge >= 0.3 is 0 Å². The van der Waals surface area contributed by atoms with E-state index < -0.39 is 0 Å². The molecule has 0 saturated heterocycles. The van der Waals surface area contributed by atoms with Gasteiger partial charge in [0.05, 0.1) is 0 Å². The van der Waals surface area contributed by atoms with Crippen molar-refractivity contribution in [2.45, 2.75) is 0 Å². The molecule has 49 heavy (non-hydrogen) atoms. The van der Waals surface area contributed by atoms with Gasteiger partial charge in [-0.2, -0.15) is 10.5 Å². The average Bonchev–Trinajstić information content (AvgIpc) is 3.56. The Morgan fingerprint density at radius 1 is 0.408 bits per heavy atom. The summed E-state index contributed by atoms with van der Waals surface area (Å²) in [6.07, 6.45) is 3.35. The molecule has 0 saturated carbocycles. The van der Waals surface area contributed by atoms with Crippen molar-refractivity contribution in [1.29, 1.82) is 10.5 Å². The van der Waals surface area contributed by atoms with E-state index in [0.29, 0.717) is 11.4 Å². The Morgan fingerprint density at radius 3 is 1.27 bits per heavy atom. The molecule has 226 valence electrons. The minimum Gasteiger partial charge on any atom is -0.456 e. The van der Waals surface area contributed by atoms with Gasteiger partial charge in [-0.1, -0.05) is 84.9 Å². The van der Waals surface area contributed by atoms with Gasteiger partial charge in [0.15, 0.2) is 0 Å². The first-order valence-corrected chi connectivity index (χ1v) is 15.9. The Bertz CT molecular complexity index is 2680. The predicted octanol–water partition coefficient (Wildman–Crippen LogP) is 11.1. The highest BCUT2D eigenvalue weighted by atomic mass is 16.3. The zero-order chi connectivity index (χ0) is 32.9. The number of fused-ring (bicyclic) bond motifs is 7. The first-order valence-electron chi connectivity index (χ1n) is 15.9. The molecule has 5 heteroatoms. The third kappa shape index (κ3) is 4.69. The van der Waals surface area contributed by atoms with E-state index in [2.05, 4.69) is 131 Å². The molecule has 0 radical (unpaired) electrons. The Balaban J connectivity index is 1.27. The highest BCUT2D eigenvalue weighted by Crippen LogP contribution is 2.45. The fourth-order valence-corrected chi connectivity index (χ4v) is 7.05. The van der Waals surface area contributed by atoms with E-state index in [1.165, 1.54) is 0 Å². The second-order valence-electron chi connectivity index (χ2n) is 12.0. The Labute approximate surface area is 281 Å². The zero-order valence-corrected chi connectivity index (χ0v) is 26.1. The maximum Gasteiger partial charge on any atom is 0.141 e. The fourth-order valence-electron chi connectivity index (χ4n) is 7.05. The van der Waals surface area contributed by atoms with Crippen LogP contribution in [0.25, 0.3) is 88.0 Å². The first-order chi connectivity index (χ1) is 24.2. The van der Waals surface area contributed by atoms with Crippen LogP contribution in [0.2, 0.25) is 0 Å². The number of aromatic nitrogens is 2. The monoisotopic (exact) mass is 624 g/mol. The zero-order valence-electron chi connectivity index (χ0n) is 26.1. The lowest BCUT2D eigenvalue weighted by atomic mass is 9.90. The number of hydrogen-bond acceptors (Lipinski definition) is 5. The van der Waals surface area contributed by atoms with Gasteiger partial charge in [0.2, 0.25) is 0 Å². The smallest absolute Gasteiger partial charge is 0.141 e. The third-order valence-electron chi connectivity index (χ3n) is 9.25. The lowest BCUT2D eigenvalue weighted by molar-refractivity contribution is 0.670. The molecule has 0 unspecified atom stereocenters. The third-order valence-corrected chi connectivity index (χ3v) is 9.25. The molecule has 0 spiro atoms. The molecule has 0 fully saturated rings. The van der Waals surface area contributed by atoms with Crippen molar-refractivity contribution >= 4 is 43.5 Å². The van der Waals surface area contributed by atoms with Gasteiger partial charge in [-0.15, -0.1) is 0 Å². The Kier molecular flexibility index (Phi) is 6.50. The number of furan rings is 1. The van der Waals surface area contributed by atoms with Gasteiger partial charge in [-0.3, -0.25) is 0 Å². The maximum absolute atomic E-state index is 9.41. The van der Waals surface area contributed by atoms with Crippen LogP contribution in [0.1, 0.15) is 11.4 Å². The van der Waals surface area contributed by atoms with Crippen LogP contribution < -0.4 is 0 Å². The molecule has 3 heterocycles. The van der Waals surface area contributed by atoms with E-state index in [0.717, 1.165) is 88.0 Å². The van der Waals surface area contributed by atoms with Gasteiger partial charge in [-0.05, 0) is 115 Å². The van der Waals surface area contributed by atoms with Crippen molar-refractivity contribution in [2.24, 2.45) is 0 Å². The molecular weight excluding hydrogens is 601 g/mol. The summed E-state index contributed by atoms with van der Waals surface area (Å²) >= 11 is 0. The summed E-state index contributed by atoms with van der Waals surface area (Å²) in [4.78, 5) is 8.29. The van der Waals surface area contributed by atoms with E-state index in [4.69, 9.17) is 4.42 Å². The van der Waals surface area contributed by atoms with Crippen molar-refractivity contribution in [3.63, 3.8) is 0 Å². The average molecular weight is 625 g/mol. The SMILES string of the molecule is N#Cc1cc(-c2cccc(-c3cc4oc5cc(-c6cccc(-c7ccnc(C#N)c7)c6)c6ccccc6c5c4c4ccccc34)c2)ccn1. The highest BCUT2D eigenvalue weighted by Gasteiger charge is 2.19. The number of nitrogens with zero attached hydrogens (tertiary/aromatic N) is 4. The summed E-state index contributed by atoms with van der Waals surface area (Å²) in [5.41, 5.74) is 10.6. The van der Waals surface area contributed by atoms with Crippen LogP contribution >= 0.6 is 0 Å². The molecule has 0 aliphatic carbocycles. The molecule has 0 aliphatic rings. The fraction of sp³-hybridized carbons (Fsp3) is 0. The van der Waals surface area contributed by atoms with Crippen molar-refractivity contribution in [1.82, 2.24) is 9.97 Å². The topological polar surface area (TPSA) is 86.5 Å². The number of hydrogen-bond donors (Lipinski definition) is 0. The second kappa shape index (κ2) is 11.3. The van der Waals surface area contributed by atoms with Crippen molar-refractivity contribution in [3.8, 4) is 56.6 Å². The molecule has 0 amide bonds. The van der Waals surface area contributed by atoms with Crippen LogP contribution in [-0.2, 0) is 0 Å². The van der Waals surface area contributed by atoms with Crippen molar-refractivity contribution in [2.75, 3.05) is 0 Å². The van der Waals surface area contributed by atoms with Crippen molar-refractivity contribution in [3.05, 3.63) is 157 Å². The number of rotatable bonds is 4. The second-order valence-corrected chi connectivity index (χ2v) is 12.0. The molecule has 9 aromatic rings. The maximum atomic E-state index is 9.41. The lowest BCUT2D eigenvalue weighted by Crippen LogP contribution is -1.87. The first kappa shape index (κ1) is 28.2. The van der Waals surface area contributed by atoms with Crippen LogP contribution in [0.15, 0.2) is 150 Å². The highest BCUT2D eigenvalue weighted by molar-refractivity contribution is 6.29. The molecular formula is C44H24N4O. The normalized spacial score (nSPS) is 11.2. The molecule has 9 rings (SSSR count). The number of benzene rings is 6. The minimum absolute atomic E-state index is 0.390. The molecule has 0 atom stereocenters. The largest absolute Gasteiger partial charge is 0.456 e. The summed E-state index contributed by atoms with van der Waals surface area (Å²) in [5, 5.41) is 25.5. The lowest BCUT2D eigenvalue weighted by Gasteiger charge is -2.12. The number of nitriles is 2. The van der Waals surface area contributed by atoms with Gasteiger partial charge in [0.1, 0.15) is 34.7 Å². The van der Waals surface area contributed by atoms with Crippen molar-refractivity contribution < 1.29 is 4.42 Å². The van der Waals surface area contributed by atoms with Gasteiger partial charge in [0.25, 0.3) is 0 Å². The van der Waals surface area contributed by atoms with Crippen LogP contribution in [0.3, 0.4) is 0 Å². The van der Waals surface area contributed by atoms with E-state index in [1.54, 1.807) is 12.4 Å². The van der Waals surface area contributed by atoms with Crippen LogP contribution in [0, 0.1) is 22.7 Å². The summed E-state index contributed by atoms with van der Waals surface area (Å²) in [7, 11) is 0. The predicted molar refractivity (Wildman–Crippen MR) is 195 cm³/mol. The summed E-state index contributed by atoms with van der Waals surface area (Å²) < 4.78 is 6.79. The Morgan fingerprint density at radius 2 is 0.816 bits per heavy atom. The molecule has 0 bridgehead atoms. The van der Waals surface area contributed by atoms with E-state index in [-0.39, 0.29) is 0 Å². The summed E-state index contributed by atoms with van der Waals surface area (Å²) in [6, 6.07) is 49.9. The quantitative estimate of drug-likeness (QED) is 0.194. The van der Waals surface area contributed by atoms with E-state index in [1.807, 2.05) is 24.3 Å². The van der Waals surface area contributed by atoms with Gasteiger partial charge < -0.3 is 4.42 Å². The number of pyridine rings is 2. The molecule has 3 aromatic heterocycles. The minimum atomic E-state index is 0.390. The van der Waals surface area contributed by atoms with E-state index >= 15 is 0 Å². The Hall–Kier alpha value is -7.08.